The number of nitrogens with zero attached hydrogens (tertiary/aromatic N) is 2. The molecule has 1 aromatic rings. The van der Waals surface area contributed by atoms with Gasteiger partial charge >= 0.3 is 6.03 Å². The van der Waals surface area contributed by atoms with E-state index in [9.17, 15) is 4.79 Å². The molecule has 1 heterocycles. The molecule has 1 aromatic carbocycles. The zero-order valence-electron chi connectivity index (χ0n) is 10.8. The number of carbonyl (C=O) groups excluding carboxylic acids is 1. The van der Waals surface area contributed by atoms with Crippen LogP contribution in [0.5, 0.6) is 0 Å². The van der Waals surface area contributed by atoms with Crippen molar-refractivity contribution in [3.8, 4) is 0 Å². The van der Waals surface area contributed by atoms with Gasteiger partial charge in [0.1, 0.15) is 0 Å². The van der Waals surface area contributed by atoms with Crippen molar-refractivity contribution in [2.45, 2.75) is 19.4 Å². The second-order valence-corrected chi connectivity index (χ2v) is 4.57. The van der Waals surface area contributed by atoms with Crippen molar-refractivity contribution in [2.75, 3.05) is 18.4 Å². The third-order valence-electron chi connectivity index (χ3n) is 3.02. The summed E-state index contributed by atoms with van der Waals surface area (Å²) in [6.45, 7) is 2.08. The Kier molecular flexibility index (Phi) is 4.22. The molecule has 6 nitrogen and oxygen atoms in total. The summed E-state index contributed by atoms with van der Waals surface area (Å²) in [5.41, 5.74) is 12.3. The van der Waals surface area contributed by atoms with Gasteiger partial charge in [0.2, 0.25) is 0 Å². The van der Waals surface area contributed by atoms with E-state index < -0.39 is 0 Å². The summed E-state index contributed by atoms with van der Waals surface area (Å²) >= 11 is 0. The van der Waals surface area contributed by atoms with E-state index in [-0.39, 0.29) is 12.0 Å². The number of nitrogens with two attached hydrogens (primary N) is 2. The van der Waals surface area contributed by atoms with Crippen LogP contribution < -0.4 is 16.8 Å². The molecule has 1 aliphatic heterocycles. The number of benzene rings is 1. The smallest absolute Gasteiger partial charge is 0.321 e. The number of guanidine groups is 1. The maximum atomic E-state index is 11.9. The van der Waals surface area contributed by atoms with Gasteiger partial charge in [-0.25, -0.2) is 9.79 Å². The minimum absolute atomic E-state index is 0.0449. The molecule has 5 N–H and O–H groups in total. The first kappa shape index (κ1) is 13.2. The molecule has 1 saturated heterocycles. The van der Waals surface area contributed by atoms with Crippen LogP contribution in [0.25, 0.3) is 0 Å². The van der Waals surface area contributed by atoms with Gasteiger partial charge in [-0.15, -0.1) is 0 Å². The van der Waals surface area contributed by atoms with Crippen LogP contribution >= 0.6 is 0 Å². The Morgan fingerprint density at radius 1 is 1.32 bits per heavy atom. The normalized spacial score (nSPS) is 14.2. The molecular formula is C13H19N5O. The highest BCUT2D eigenvalue weighted by Gasteiger charge is 2.17. The molecule has 0 bridgehead atoms. The van der Waals surface area contributed by atoms with E-state index in [1.807, 2.05) is 29.2 Å². The fourth-order valence-electron chi connectivity index (χ4n) is 2.05. The highest BCUT2D eigenvalue weighted by Crippen LogP contribution is 2.14. The lowest BCUT2D eigenvalue weighted by Gasteiger charge is -2.16. The molecule has 6 heteroatoms. The van der Waals surface area contributed by atoms with Gasteiger partial charge in [0.05, 0.1) is 6.54 Å². The van der Waals surface area contributed by atoms with E-state index in [1.54, 1.807) is 0 Å². The van der Waals surface area contributed by atoms with Gasteiger partial charge in [-0.3, -0.25) is 0 Å². The Labute approximate surface area is 112 Å². The summed E-state index contributed by atoms with van der Waals surface area (Å²) in [5, 5.41) is 2.89. The lowest BCUT2D eigenvalue weighted by Crippen LogP contribution is -2.32. The molecule has 0 unspecified atom stereocenters. The number of carbonyl (C=O) groups is 1. The number of nitrogens with one attached hydrogen (secondary N) is 1. The Morgan fingerprint density at radius 2 is 2.05 bits per heavy atom. The number of rotatable bonds is 3. The van der Waals surface area contributed by atoms with Gasteiger partial charge in [0, 0.05) is 18.8 Å². The number of urea groups is 1. The van der Waals surface area contributed by atoms with Gasteiger partial charge in [0.15, 0.2) is 5.96 Å². The predicted octanol–water partition coefficient (Wildman–Crippen LogP) is 1.09. The minimum atomic E-state index is -0.0449. The van der Waals surface area contributed by atoms with Crippen LogP contribution in [0, 0.1) is 0 Å². The fraction of sp³-hybridized carbons (Fsp3) is 0.385. The molecule has 2 rings (SSSR count). The summed E-state index contributed by atoms with van der Waals surface area (Å²) in [7, 11) is 0. The highest BCUT2D eigenvalue weighted by molar-refractivity contribution is 5.89. The van der Waals surface area contributed by atoms with Crippen molar-refractivity contribution in [1.82, 2.24) is 4.90 Å². The molecule has 2 amide bonds. The number of hydrogen-bond acceptors (Lipinski definition) is 2. The maximum Gasteiger partial charge on any atom is 0.321 e. The topological polar surface area (TPSA) is 96.7 Å². The molecule has 0 aliphatic carbocycles. The summed E-state index contributed by atoms with van der Waals surface area (Å²) in [4.78, 5) is 17.7. The number of amides is 2. The molecule has 0 atom stereocenters. The number of anilines is 1. The number of aliphatic imine (C=N–C) groups is 1. The molecule has 0 aromatic heterocycles. The van der Waals surface area contributed by atoms with Crippen molar-refractivity contribution < 1.29 is 4.79 Å². The summed E-state index contributed by atoms with van der Waals surface area (Å²) in [5.74, 6) is 0.0616. The zero-order chi connectivity index (χ0) is 13.7. The lowest BCUT2D eigenvalue weighted by atomic mass is 10.2. The average molecular weight is 261 g/mol. The summed E-state index contributed by atoms with van der Waals surface area (Å²) in [6.07, 6.45) is 2.16. The number of hydrogen-bond donors (Lipinski definition) is 3. The number of likely N-dealkylation sites (tertiary alicyclic amines) is 1. The maximum absolute atomic E-state index is 11.9. The monoisotopic (exact) mass is 261 g/mol. The standard InChI is InChI=1S/C13H19N5O/c14-12(15)16-9-10-4-3-5-11(8-10)17-13(19)18-6-1-2-7-18/h3-5,8H,1-2,6-7,9H2,(H,17,19)(H4,14,15,16). The fourth-order valence-corrected chi connectivity index (χ4v) is 2.05. The van der Waals surface area contributed by atoms with Gasteiger partial charge in [-0.1, -0.05) is 12.1 Å². The molecule has 102 valence electrons. The third kappa shape index (κ3) is 3.87. The van der Waals surface area contributed by atoms with Crippen molar-refractivity contribution in [3.63, 3.8) is 0 Å². The first-order chi connectivity index (χ1) is 9.15. The molecule has 0 spiro atoms. The Balaban J connectivity index is 1.98. The van der Waals surface area contributed by atoms with E-state index in [0.29, 0.717) is 6.54 Å². The lowest BCUT2D eigenvalue weighted by molar-refractivity contribution is 0.222. The summed E-state index contributed by atoms with van der Waals surface area (Å²) < 4.78 is 0. The van der Waals surface area contributed by atoms with Crippen LogP contribution in [0.4, 0.5) is 10.5 Å². The van der Waals surface area contributed by atoms with E-state index in [4.69, 9.17) is 11.5 Å². The van der Waals surface area contributed by atoms with Gasteiger partial charge in [0.25, 0.3) is 0 Å². The summed E-state index contributed by atoms with van der Waals surface area (Å²) in [6, 6.07) is 7.47. The highest BCUT2D eigenvalue weighted by atomic mass is 16.2. The first-order valence-corrected chi connectivity index (χ1v) is 6.35. The van der Waals surface area contributed by atoms with Crippen molar-refractivity contribution in [3.05, 3.63) is 29.8 Å². The van der Waals surface area contributed by atoms with Gasteiger partial charge < -0.3 is 21.7 Å². The van der Waals surface area contributed by atoms with E-state index in [1.165, 1.54) is 0 Å². The van der Waals surface area contributed by atoms with E-state index in [2.05, 4.69) is 10.3 Å². The van der Waals surface area contributed by atoms with E-state index >= 15 is 0 Å². The van der Waals surface area contributed by atoms with Crippen LogP contribution in [0.3, 0.4) is 0 Å². The van der Waals surface area contributed by atoms with Crippen molar-refractivity contribution >= 4 is 17.7 Å². The van der Waals surface area contributed by atoms with Gasteiger partial charge in [-0.05, 0) is 30.5 Å². The quantitative estimate of drug-likeness (QED) is 0.561. The minimum Gasteiger partial charge on any atom is -0.370 e. The largest absolute Gasteiger partial charge is 0.370 e. The second kappa shape index (κ2) is 6.08. The van der Waals surface area contributed by atoms with Crippen LogP contribution in [0.15, 0.2) is 29.3 Å². The molecular weight excluding hydrogens is 242 g/mol. The molecule has 19 heavy (non-hydrogen) atoms. The van der Waals surface area contributed by atoms with Crippen LogP contribution in [0.2, 0.25) is 0 Å². The molecule has 1 aliphatic rings. The van der Waals surface area contributed by atoms with Crippen molar-refractivity contribution in [1.29, 1.82) is 0 Å². The predicted molar refractivity (Wildman–Crippen MR) is 75.8 cm³/mol. The SMILES string of the molecule is NC(N)=NCc1cccc(NC(=O)N2CCCC2)c1. The first-order valence-electron chi connectivity index (χ1n) is 6.35. The Morgan fingerprint density at radius 3 is 2.74 bits per heavy atom. The van der Waals surface area contributed by atoms with Crippen LogP contribution in [0.1, 0.15) is 18.4 Å². The molecule has 1 fully saturated rings. The zero-order valence-corrected chi connectivity index (χ0v) is 10.8. The van der Waals surface area contributed by atoms with E-state index in [0.717, 1.165) is 37.2 Å². The van der Waals surface area contributed by atoms with Crippen molar-refractivity contribution in [2.24, 2.45) is 16.5 Å². The van der Waals surface area contributed by atoms with Crippen LogP contribution in [-0.2, 0) is 6.54 Å². The molecule has 0 radical (unpaired) electrons. The average Bonchev–Trinajstić information content (AvgIpc) is 2.91. The Bertz CT molecular complexity index is 476. The Hall–Kier alpha value is -2.24. The van der Waals surface area contributed by atoms with Crippen LogP contribution in [-0.4, -0.2) is 30.0 Å². The molecule has 0 saturated carbocycles. The third-order valence-corrected chi connectivity index (χ3v) is 3.02. The van der Waals surface area contributed by atoms with Gasteiger partial charge in [-0.2, -0.15) is 0 Å². The second-order valence-electron chi connectivity index (χ2n) is 4.57.